The predicted molar refractivity (Wildman–Crippen MR) is 143 cm³/mol. The van der Waals surface area contributed by atoms with E-state index in [-0.39, 0.29) is 11.6 Å². The number of thiophene rings is 1. The van der Waals surface area contributed by atoms with Crippen molar-refractivity contribution >= 4 is 33.4 Å². The number of rotatable bonds is 4. The number of aromatic nitrogens is 2. The fourth-order valence-corrected chi connectivity index (χ4v) is 6.22. The molecule has 3 aromatic rings. The molecule has 1 fully saturated rings. The Bertz CT molecular complexity index is 1190. The van der Waals surface area contributed by atoms with Crippen LogP contribution in [-0.2, 0) is 19.4 Å². The van der Waals surface area contributed by atoms with Gasteiger partial charge in [0, 0.05) is 56.1 Å². The van der Waals surface area contributed by atoms with E-state index >= 15 is 0 Å². The molecule has 1 N–H and O–H groups in total. The van der Waals surface area contributed by atoms with Gasteiger partial charge in [-0.25, -0.2) is 14.8 Å². The Hall–Kier alpha value is -2.71. The van der Waals surface area contributed by atoms with Gasteiger partial charge in [0.05, 0.1) is 5.39 Å². The van der Waals surface area contributed by atoms with Crippen LogP contribution in [0.1, 0.15) is 49.5 Å². The van der Waals surface area contributed by atoms with Gasteiger partial charge in [-0.2, -0.15) is 0 Å². The van der Waals surface area contributed by atoms with E-state index in [4.69, 9.17) is 9.97 Å². The highest BCUT2D eigenvalue weighted by Gasteiger charge is 2.29. The summed E-state index contributed by atoms with van der Waals surface area (Å²) in [7, 11) is 0. The highest BCUT2D eigenvalue weighted by Crippen LogP contribution is 2.39. The molecule has 0 aliphatic carbocycles. The van der Waals surface area contributed by atoms with Crippen LogP contribution in [0.2, 0.25) is 0 Å². The summed E-state index contributed by atoms with van der Waals surface area (Å²) in [6.45, 7) is 14.4. The summed E-state index contributed by atoms with van der Waals surface area (Å²) < 4.78 is 0. The Morgan fingerprint density at radius 2 is 1.80 bits per heavy atom. The number of carbonyl (C=O) groups is 1. The Balaban J connectivity index is 1.46. The van der Waals surface area contributed by atoms with Crippen molar-refractivity contribution in [2.24, 2.45) is 0 Å². The van der Waals surface area contributed by atoms with Crippen LogP contribution in [0.5, 0.6) is 0 Å². The molecule has 0 atom stereocenters. The normalized spacial score (nSPS) is 17.0. The molecule has 0 radical (unpaired) electrons. The van der Waals surface area contributed by atoms with Gasteiger partial charge in [-0.15, -0.1) is 11.3 Å². The van der Waals surface area contributed by atoms with Crippen molar-refractivity contribution in [2.75, 3.05) is 44.2 Å². The number of nitrogens with zero attached hydrogens (tertiary/aromatic N) is 5. The zero-order valence-corrected chi connectivity index (χ0v) is 22.1. The number of benzene rings is 1. The second-order valence-corrected chi connectivity index (χ2v) is 11.7. The van der Waals surface area contributed by atoms with Gasteiger partial charge in [0.15, 0.2) is 0 Å². The molecule has 2 aliphatic heterocycles. The van der Waals surface area contributed by atoms with Crippen LogP contribution in [0.3, 0.4) is 0 Å². The third kappa shape index (κ3) is 5.28. The first kappa shape index (κ1) is 24.0. The number of fused-ring (bicyclic) bond motifs is 3. The number of hydrogen-bond acceptors (Lipinski definition) is 6. The molecule has 5 rings (SSSR count). The van der Waals surface area contributed by atoms with Crippen LogP contribution < -0.4 is 10.2 Å². The Morgan fingerprint density at radius 3 is 2.49 bits per heavy atom. The van der Waals surface area contributed by atoms with Crippen molar-refractivity contribution < 1.29 is 4.79 Å². The van der Waals surface area contributed by atoms with Gasteiger partial charge in [0.25, 0.3) is 0 Å². The molecule has 2 aromatic heterocycles. The van der Waals surface area contributed by atoms with Gasteiger partial charge in [-0.05, 0) is 44.9 Å². The molecular weight excluding hydrogens is 456 g/mol. The second kappa shape index (κ2) is 9.74. The zero-order valence-electron chi connectivity index (χ0n) is 21.3. The van der Waals surface area contributed by atoms with Crippen molar-refractivity contribution in [3.63, 3.8) is 0 Å². The van der Waals surface area contributed by atoms with E-state index in [1.54, 1.807) is 0 Å². The standard InChI is InChI=1S/C27H36N6OS/c1-5-31-12-11-20-21(18-31)35-25-23(20)24(28-22(29-25)17-19-9-7-6-8-10-19)32-13-15-33(16-14-32)26(34)30-27(2,3)4/h6-10H,5,11-18H2,1-4H3,(H,30,34). The molecule has 0 bridgehead atoms. The smallest absolute Gasteiger partial charge is 0.317 e. The lowest BCUT2D eigenvalue weighted by Crippen LogP contribution is -2.55. The van der Waals surface area contributed by atoms with E-state index in [1.807, 2.05) is 43.1 Å². The molecule has 35 heavy (non-hydrogen) atoms. The molecule has 0 saturated carbocycles. The highest BCUT2D eigenvalue weighted by atomic mass is 32.1. The molecule has 4 heterocycles. The monoisotopic (exact) mass is 492 g/mol. The second-order valence-electron chi connectivity index (χ2n) is 10.6. The first-order chi connectivity index (χ1) is 16.8. The molecule has 8 heteroatoms. The SMILES string of the molecule is CCN1CCc2c(sc3nc(Cc4ccccc4)nc(N4CCN(C(=O)NC(C)(C)C)CC4)c23)C1. The molecule has 2 amide bonds. The Labute approximate surface area is 212 Å². The lowest BCUT2D eigenvalue weighted by Gasteiger charge is -2.37. The minimum Gasteiger partial charge on any atom is -0.352 e. The van der Waals surface area contributed by atoms with Gasteiger partial charge in [-0.1, -0.05) is 37.3 Å². The van der Waals surface area contributed by atoms with Crippen LogP contribution in [0.4, 0.5) is 10.6 Å². The van der Waals surface area contributed by atoms with Crippen LogP contribution >= 0.6 is 11.3 Å². The average molecular weight is 493 g/mol. The molecule has 1 saturated heterocycles. The average Bonchev–Trinajstić information content (AvgIpc) is 3.20. The van der Waals surface area contributed by atoms with E-state index in [0.29, 0.717) is 13.1 Å². The van der Waals surface area contributed by atoms with Crippen molar-refractivity contribution in [1.29, 1.82) is 0 Å². The lowest BCUT2D eigenvalue weighted by molar-refractivity contribution is 0.185. The number of urea groups is 1. The van der Waals surface area contributed by atoms with Crippen molar-refractivity contribution in [1.82, 2.24) is 25.1 Å². The summed E-state index contributed by atoms with van der Waals surface area (Å²) >= 11 is 1.84. The van der Waals surface area contributed by atoms with Crippen LogP contribution in [0.15, 0.2) is 30.3 Å². The van der Waals surface area contributed by atoms with E-state index in [0.717, 1.165) is 62.0 Å². The summed E-state index contributed by atoms with van der Waals surface area (Å²) in [5.74, 6) is 1.93. The Morgan fingerprint density at radius 1 is 1.06 bits per heavy atom. The number of carbonyl (C=O) groups excluding carboxylic acids is 1. The molecule has 7 nitrogen and oxygen atoms in total. The van der Waals surface area contributed by atoms with E-state index in [9.17, 15) is 4.79 Å². The minimum absolute atomic E-state index is 0.0160. The first-order valence-corrected chi connectivity index (χ1v) is 13.5. The number of amides is 2. The van der Waals surface area contributed by atoms with E-state index in [1.165, 1.54) is 21.4 Å². The third-order valence-electron chi connectivity index (χ3n) is 6.81. The van der Waals surface area contributed by atoms with E-state index < -0.39 is 0 Å². The number of anilines is 1. The first-order valence-electron chi connectivity index (χ1n) is 12.7. The minimum atomic E-state index is -0.235. The summed E-state index contributed by atoms with van der Waals surface area (Å²) in [5, 5.41) is 4.34. The molecular formula is C27H36N6OS. The van der Waals surface area contributed by atoms with Gasteiger partial charge < -0.3 is 15.1 Å². The van der Waals surface area contributed by atoms with Crippen LogP contribution in [0.25, 0.3) is 10.2 Å². The lowest BCUT2D eigenvalue weighted by atomic mass is 10.0. The third-order valence-corrected chi connectivity index (χ3v) is 7.92. The van der Waals surface area contributed by atoms with Crippen molar-refractivity contribution in [2.45, 2.75) is 52.6 Å². The highest BCUT2D eigenvalue weighted by molar-refractivity contribution is 7.19. The number of nitrogens with one attached hydrogen (secondary N) is 1. The van der Waals surface area contributed by atoms with Gasteiger partial charge in [-0.3, -0.25) is 4.90 Å². The summed E-state index contributed by atoms with van der Waals surface area (Å²) in [6.07, 6.45) is 1.77. The topological polar surface area (TPSA) is 64.6 Å². The summed E-state index contributed by atoms with van der Waals surface area (Å²) in [6, 6.07) is 10.5. The van der Waals surface area contributed by atoms with Gasteiger partial charge >= 0.3 is 6.03 Å². The number of piperazine rings is 1. The largest absolute Gasteiger partial charge is 0.352 e. The molecule has 0 spiro atoms. The summed E-state index contributed by atoms with van der Waals surface area (Å²) in [4.78, 5) is 32.3. The molecule has 2 aliphatic rings. The maximum absolute atomic E-state index is 12.7. The maximum Gasteiger partial charge on any atom is 0.317 e. The molecule has 186 valence electrons. The number of hydrogen-bond donors (Lipinski definition) is 1. The van der Waals surface area contributed by atoms with Gasteiger partial charge in [0.2, 0.25) is 0 Å². The molecule has 1 aromatic carbocycles. The zero-order chi connectivity index (χ0) is 24.6. The quantitative estimate of drug-likeness (QED) is 0.589. The Kier molecular flexibility index (Phi) is 6.68. The number of likely N-dealkylation sites (N-methyl/N-ethyl adjacent to an activating group) is 1. The fraction of sp³-hybridized carbons (Fsp3) is 0.519. The van der Waals surface area contributed by atoms with Crippen molar-refractivity contribution in [3.05, 3.63) is 52.2 Å². The van der Waals surface area contributed by atoms with E-state index in [2.05, 4.69) is 46.3 Å². The predicted octanol–water partition coefficient (Wildman–Crippen LogP) is 4.29. The van der Waals surface area contributed by atoms with Crippen LogP contribution in [-0.4, -0.2) is 70.6 Å². The molecule has 0 unspecified atom stereocenters. The summed E-state index contributed by atoms with van der Waals surface area (Å²) in [5.41, 5.74) is 2.42. The van der Waals surface area contributed by atoms with Crippen molar-refractivity contribution in [3.8, 4) is 0 Å². The fourth-order valence-electron chi connectivity index (χ4n) is 4.95. The maximum atomic E-state index is 12.7. The van der Waals surface area contributed by atoms with Gasteiger partial charge in [0.1, 0.15) is 16.5 Å². The van der Waals surface area contributed by atoms with Crippen LogP contribution in [0, 0.1) is 0 Å².